The summed E-state index contributed by atoms with van der Waals surface area (Å²) in [6, 6.07) is 4.84. The molecule has 2 unspecified atom stereocenters. The van der Waals surface area contributed by atoms with Crippen LogP contribution in [0.15, 0.2) is 35.4 Å². The number of carboxylic acids is 1. The summed E-state index contributed by atoms with van der Waals surface area (Å²) in [5.41, 5.74) is 3.13. The molecule has 190 valence electrons. The smallest absolute Gasteiger partial charge is 0.303 e. The molecular weight excluding hydrogens is 446 g/mol. The van der Waals surface area contributed by atoms with E-state index in [4.69, 9.17) is 4.74 Å². The fraction of sp³-hybridized carbons (Fsp3) is 0.556. The van der Waals surface area contributed by atoms with E-state index in [0.717, 1.165) is 29.1 Å². The number of anilines is 1. The van der Waals surface area contributed by atoms with Gasteiger partial charge in [-0.25, -0.2) is 0 Å². The Bertz CT molecular complexity index is 1110. The molecule has 1 saturated heterocycles. The molecule has 0 bridgehead atoms. The number of carboxylic acid groups (broad SMARTS) is 1. The molecule has 35 heavy (non-hydrogen) atoms. The molecule has 3 rings (SSSR count). The van der Waals surface area contributed by atoms with Gasteiger partial charge in [-0.1, -0.05) is 13.8 Å². The molecule has 2 aromatic rings. The van der Waals surface area contributed by atoms with Crippen LogP contribution in [0.4, 0.5) is 5.69 Å². The highest BCUT2D eigenvalue weighted by molar-refractivity contribution is 5.84. The van der Waals surface area contributed by atoms with Gasteiger partial charge in [0.1, 0.15) is 0 Å². The number of aliphatic carboxylic acids is 1. The molecule has 8 nitrogen and oxygen atoms in total. The molecule has 1 fully saturated rings. The fourth-order valence-electron chi connectivity index (χ4n) is 4.73. The lowest BCUT2D eigenvalue weighted by atomic mass is 9.87. The number of Topliss-reactive ketones (excluding diaryl/α,β-unsaturated/α-hetero) is 1. The number of hydrogen-bond donors (Lipinski definition) is 1. The summed E-state index contributed by atoms with van der Waals surface area (Å²) in [4.78, 5) is 44.8. The summed E-state index contributed by atoms with van der Waals surface area (Å²) in [6.45, 7) is 11.8. The molecule has 1 N–H and O–H groups in total. The van der Waals surface area contributed by atoms with Gasteiger partial charge in [-0.2, -0.15) is 0 Å². The van der Waals surface area contributed by atoms with Gasteiger partial charge in [0.05, 0.1) is 37.1 Å². The lowest BCUT2D eigenvalue weighted by Gasteiger charge is -2.36. The molecule has 1 aliphatic rings. The largest absolute Gasteiger partial charge is 0.481 e. The molecule has 2 aromatic heterocycles. The van der Waals surface area contributed by atoms with Gasteiger partial charge in [-0.3, -0.25) is 19.4 Å². The van der Waals surface area contributed by atoms with Crippen molar-refractivity contribution in [3.8, 4) is 0 Å². The van der Waals surface area contributed by atoms with Crippen LogP contribution in [0, 0.1) is 19.8 Å². The number of ketones is 1. The second-order valence-electron chi connectivity index (χ2n) is 10.1. The summed E-state index contributed by atoms with van der Waals surface area (Å²) in [7, 11) is 0. The van der Waals surface area contributed by atoms with Crippen molar-refractivity contribution in [2.24, 2.45) is 5.92 Å². The van der Waals surface area contributed by atoms with Crippen molar-refractivity contribution < 1.29 is 19.4 Å². The molecule has 3 heterocycles. The number of hydrogen-bond acceptors (Lipinski definition) is 6. The third kappa shape index (κ3) is 6.78. The first-order valence-electron chi connectivity index (χ1n) is 12.3. The summed E-state index contributed by atoms with van der Waals surface area (Å²) in [5.74, 6) is -1.47. The van der Waals surface area contributed by atoms with Crippen molar-refractivity contribution in [1.82, 2.24) is 9.55 Å². The summed E-state index contributed by atoms with van der Waals surface area (Å²) < 4.78 is 7.05. The average molecular weight is 484 g/mol. The van der Waals surface area contributed by atoms with Crippen molar-refractivity contribution >= 4 is 17.4 Å². The van der Waals surface area contributed by atoms with Crippen LogP contribution in [-0.2, 0) is 14.3 Å². The number of ether oxygens (including phenoxy) is 1. The van der Waals surface area contributed by atoms with Gasteiger partial charge in [-0.05, 0) is 56.4 Å². The third-order valence-corrected chi connectivity index (χ3v) is 6.60. The Labute approximate surface area is 206 Å². The van der Waals surface area contributed by atoms with Crippen molar-refractivity contribution in [2.45, 2.75) is 71.9 Å². The van der Waals surface area contributed by atoms with Gasteiger partial charge < -0.3 is 19.3 Å². The van der Waals surface area contributed by atoms with Gasteiger partial charge in [-0.15, -0.1) is 0 Å². The second kappa shape index (κ2) is 11.6. The molecule has 0 radical (unpaired) electrons. The lowest BCUT2D eigenvalue weighted by molar-refractivity contribution is -0.137. The highest BCUT2D eigenvalue weighted by Gasteiger charge is 2.29. The second-order valence-corrected chi connectivity index (χ2v) is 10.1. The van der Waals surface area contributed by atoms with Gasteiger partial charge in [0.15, 0.2) is 5.78 Å². The first kappa shape index (κ1) is 26.6. The van der Waals surface area contributed by atoms with E-state index >= 15 is 0 Å². The van der Waals surface area contributed by atoms with Gasteiger partial charge >= 0.3 is 5.97 Å². The Kier molecular flexibility index (Phi) is 8.83. The van der Waals surface area contributed by atoms with Crippen LogP contribution in [-0.4, -0.2) is 52.2 Å². The minimum absolute atomic E-state index is 0.0207. The fourth-order valence-corrected chi connectivity index (χ4v) is 4.73. The van der Waals surface area contributed by atoms with E-state index in [1.807, 2.05) is 39.8 Å². The maximum absolute atomic E-state index is 13.6. The predicted octanol–water partition coefficient (Wildman–Crippen LogP) is 3.89. The van der Waals surface area contributed by atoms with Gasteiger partial charge in [0.2, 0.25) is 0 Å². The van der Waals surface area contributed by atoms with Crippen molar-refractivity contribution in [1.29, 1.82) is 0 Å². The molecular formula is C27H37N3O5. The number of morpholine rings is 1. The number of aromatic nitrogens is 2. The number of rotatable bonds is 10. The summed E-state index contributed by atoms with van der Waals surface area (Å²) in [6.07, 6.45) is 3.68. The van der Waals surface area contributed by atoms with E-state index in [9.17, 15) is 19.5 Å². The minimum Gasteiger partial charge on any atom is -0.481 e. The van der Waals surface area contributed by atoms with E-state index < -0.39 is 17.9 Å². The van der Waals surface area contributed by atoms with Crippen LogP contribution in [0.5, 0.6) is 0 Å². The lowest BCUT2D eigenvalue weighted by Crippen LogP contribution is -2.44. The highest BCUT2D eigenvalue weighted by atomic mass is 16.5. The number of pyridine rings is 2. The SMILES string of the molecule is Cc1ccn(C(CC(C)C)C(=O)CC(CC(=O)O)c2cnc(C)c(N3CCOC[C@@H]3C)c2)c(=O)c1. The number of carbonyl (C=O) groups is 2. The Morgan fingerprint density at radius 3 is 2.60 bits per heavy atom. The predicted molar refractivity (Wildman–Crippen MR) is 135 cm³/mol. The summed E-state index contributed by atoms with van der Waals surface area (Å²) >= 11 is 0. The van der Waals surface area contributed by atoms with Crippen molar-refractivity contribution in [2.75, 3.05) is 24.7 Å². The minimum atomic E-state index is -0.974. The topological polar surface area (TPSA) is 102 Å². The van der Waals surface area contributed by atoms with Gasteiger partial charge in [0.25, 0.3) is 5.56 Å². The normalized spacial score (nSPS) is 17.9. The first-order valence-corrected chi connectivity index (χ1v) is 12.3. The number of carbonyl (C=O) groups excluding carboxylic acids is 1. The van der Waals surface area contributed by atoms with Crippen LogP contribution < -0.4 is 10.5 Å². The van der Waals surface area contributed by atoms with Crippen LogP contribution >= 0.6 is 0 Å². The first-order chi connectivity index (χ1) is 16.6. The Hall–Kier alpha value is -3.00. The quantitative estimate of drug-likeness (QED) is 0.547. The Morgan fingerprint density at radius 2 is 1.97 bits per heavy atom. The van der Waals surface area contributed by atoms with E-state index in [1.165, 1.54) is 10.6 Å². The van der Waals surface area contributed by atoms with E-state index in [2.05, 4.69) is 16.8 Å². The zero-order valence-electron chi connectivity index (χ0n) is 21.4. The highest BCUT2D eigenvalue weighted by Crippen LogP contribution is 2.32. The average Bonchev–Trinajstić information content (AvgIpc) is 2.78. The summed E-state index contributed by atoms with van der Waals surface area (Å²) in [5, 5.41) is 9.63. The molecule has 1 aliphatic heterocycles. The van der Waals surface area contributed by atoms with Crippen LogP contribution in [0.25, 0.3) is 0 Å². The molecule has 0 spiro atoms. The molecule has 3 atom stereocenters. The van der Waals surface area contributed by atoms with Gasteiger partial charge in [0, 0.05) is 43.4 Å². The molecule has 0 aromatic carbocycles. The zero-order valence-corrected chi connectivity index (χ0v) is 21.4. The molecule has 0 amide bonds. The molecule has 8 heteroatoms. The standard InChI is InChI=1S/C27H37N3O5/c1-17(2)10-24(30-7-6-18(3)11-26(30)32)25(31)13-21(14-27(33)34)22-12-23(20(5)28-15-22)29-8-9-35-16-19(29)4/h6-7,11-12,15,17,19,21,24H,8-10,13-14,16H2,1-5H3,(H,33,34)/t19-,21?,24?/m0/s1. The molecule has 0 saturated carbocycles. The van der Waals surface area contributed by atoms with E-state index in [0.29, 0.717) is 19.6 Å². The van der Waals surface area contributed by atoms with E-state index in [1.54, 1.807) is 12.4 Å². The van der Waals surface area contributed by atoms with E-state index in [-0.39, 0.29) is 36.1 Å². The van der Waals surface area contributed by atoms with Crippen LogP contribution in [0.1, 0.15) is 68.8 Å². The van der Waals surface area contributed by atoms with Crippen LogP contribution in [0.2, 0.25) is 0 Å². The maximum Gasteiger partial charge on any atom is 0.303 e. The number of aryl methyl sites for hydroxylation is 2. The Morgan fingerprint density at radius 1 is 1.23 bits per heavy atom. The molecule has 0 aliphatic carbocycles. The third-order valence-electron chi connectivity index (χ3n) is 6.60. The van der Waals surface area contributed by atoms with Crippen molar-refractivity contribution in [3.63, 3.8) is 0 Å². The number of nitrogens with zero attached hydrogens (tertiary/aromatic N) is 3. The maximum atomic E-state index is 13.6. The Balaban J connectivity index is 1.94. The van der Waals surface area contributed by atoms with Crippen molar-refractivity contribution in [3.05, 3.63) is 57.8 Å². The van der Waals surface area contributed by atoms with Crippen LogP contribution in [0.3, 0.4) is 0 Å². The monoisotopic (exact) mass is 483 g/mol. The zero-order chi connectivity index (χ0) is 25.7.